The molecule has 0 radical (unpaired) electrons. The lowest BCUT2D eigenvalue weighted by atomic mass is 9.80. The van der Waals surface area contributed by atoms with Crippen LogP contribution < -0.4 is 14.8 Å². The second-order valence-corrected chi connectivity index (χ2v) is 7.12. The van der Waals surface area contributed by atoms with E-state index in [-0.39, 0.29) is 37.4 Å². The van der Waals surface area contributed by atoms with Crippen LogP contribution in [0.5, 0.6) is 11.5 Å². The van der Waals surface area contributed by atoms with Crippen LogP contribution in [0, 0.1) is 5.92 Å². The van der Waals surface area contributed by atoms with Gasteiger partial charge in [0.1, 0.15) is 5.67 Å². The summed E-state index contributed by atoms with van der Waals surface area (Å²) in [6, 6.07) is 4.41. The molecular weight excluding hydrogens is 440 g/mol. The monoisotopic (exact) mass is 459 g/mol. The highest BCUT2D eigenvalue weighted by molar-refractivity contribution is 5.73. The maximum Gasteiger partial charge on any atom is 0.586 e. The lowest BCUT2D eigenvalue weighted by Gasteiger charge is -2.32. The SMILES string of the molecule is O=C(O)C(F)(F)F.O=C(O)C1CCC(F)(CNCc2ccc3c(c2)OC(F)(F)O3)CC1. The van der Waals surface area contributed by atoms with E-state index in [1.54, 1.807) is 6.07 Å². The Balaban J connectivity index is 0.000000423. The summed E-state index contributed by atoms with van der Waals surface area (Å²) in [5.41, 5.74) is -0.771. The van der Waals surface area contributed by atoms with Crippen LogP contribution in [0.15, 0.2) is 18.2 Å². The number of nitrogens with one attached hydrogen (secondary N) is 1. The third-order valence-electron chi connectivity index (χ3n) is 4.71. The number of hydrogen-bond donors (Lipinski definition) is 3. The number of carboxylic acid groups (broad SMARTS) is 2. The molecule has 1 aliphatic carbocycles. The van der Waals surface area contributed by atoms with E-state index in [1.165, 1.54) is 12.1 Å². The molecule has 13 heteroatoms. The molecule has 1 aromatic rings. The summed E-state index contributed by atoms with van der Waals surface area (Å²) in [4.78, 5) is 19.8. The van der Waals surface area contributed by atoms with Crippen molar-refractivity contribution in [2.75, 3.05) is 6.54 Å². The maximum atomic E-state index is 14.6. The Kier molecular flexibility index (Phi) is 7.29. The molecule has 1 aliphatic heterocycles. The number of fused-ring (bicyclic) bond motifs is 1. The average Bonchev–Trinajstić information content (AvgIpc) is 2.94. The first kappa shape index (κ1) is 24.6. The Bertz CT molecular complexity index is 807. The fourth-order valence-corrected chi connectivity index (χ4v) is 3.09. The van der Waals surface area contributed by atoms with Gasteiger partial charge < -0.3 is 25.0 Å². The van der Waals surface area contributed by atoms with Crippen molar-refractivity contribution in [1.29, 1.82) is 0 Å². The van der Waals surface area contributed by atoms with Gasteiger partial charge in [-0.25, -0.2) is 9.18 Å². The molecule has 0 unspecified atom stereocenters. The largest absolute Gasteiger partial charge is 0.586 e. The summed E-state index contributed by atoms with van der Waals surface area (Å²) in [6.07, 6.45) is -7.69. The van der Waals surface area contributed by atoms with Crippen molar-refractivity contribution in [3.8, 4) is 11.5 Å². The van der Waals surface area contributed by atoms with Gasteiger partial charge in [-0.1, -0.05) is 6.07 Å². The van der Waals surface area contributed by atoms with Crippen LogP contribution in [0.1, 0.15) is 31.2 Å². The van der Waals surface area contributed by atoms with Crippen molar-refractivity contribution in [3.63, 3.8) is 0 Å². The highest BCUT2D eigenvalue weighted by Gasteiger charge is 2.43. The predicted molar refractivity (Wildman–Crippen MR) is 91.5 cm³/mol. The number of carboxylic acids is 2. The molecule has 1 saturated carbocycles. The van der Waals surface area contributed by atoms with E-state index in [2.05, 4.69) is 14.8 Å². The summed E-state index contributed by atoms with van der Waals surface area (Å²) in [5.74, 6) is -4.17. The number of ether oxygens (including phenoxy) is 2. The normalized spacial score (nSPS) is 24.1. The number of halogens is 6. The Hall–Kier alpha value is -2.70. The van der Waals surface area contributed by atoms with Crippen molar-refractivity contribution >= 4 is 11.9 Å². The van der Waals surface area contributed by atoms with Gasteiger partial charge in [-0.05, 0) is 43.4 Å². The van der Waals surface area contributed by atoms with Crippen molar-refractivity contribution in [3.05, 3.63) is 23.8 Å². The number of alkyl halides is 6. The molecule has 0 spiro atoms. The van der Waals surface area contributed by atoms with Crippen LogP contribution >= 0.6 is 0 Å². The molecule has 0 aromatic heterocycles. The topological polar surface area (TPSA) is 105 Å². The summed E-state index contributed by atoms with van der Waals surface area (Å²) in [5, 5.41) is 19.0. The minimum absolute atomic E-state index is 0.0299. The molecule has 0 bridgehead atoms. The van der Waals surface area contributed by atoms with Crippen LogP contribution in [0.4, 0.5) is 26.3 Å². The molecular formula is C18H19F6NO6. The van der Waals surface area contributed by atoms with E-state index in [9.17, 15) is 31.1 Å². The highest BCUT2D eigenvalue weighted by atomic mass is 19.4. The van der Waals surface area contributed by atoms with Crippen molar-refractivity contribution < 1.29 is 55.6 Å². The minimum Gasteiger partial charge on any atom is -0.481 e. The van der Waals surface area contributed by atoms with E-state index in [1.807, 2.05) is 0 Å². The summed E-state index contributed by atoms with van der Waals surface area (Å²) < 4.78 is 81.0. The van der Waals surface area contributed by atoms with Gasteiger partial charge in [0, 0.05) is 13.1 Å². The molecule has 3 N–H and O–H groups in total. The van der Waals surface area contributed by atoms with Gasteiger partial charge in [0.25, 0.3) is 0 Å². The van der Waals surface area contributed by atoms with Gasteiger partial charge in [0.2, 0.25) is 0 Å². The van der Waals surface area contributed by atoms with Crippen LogP contribution in [0.3, 0.4) is 0 Å². The second-order valence-electron chi connectivity index (χ2n) is 7.12. The first-order valence-electron chi connectivity index (χ1n) is 9.02. The fourth-order valence-electron chi connectivity index (χ4n) is 3.09. The first-order valence-corrected chi connectivity index (χ1v) is 9.02. The Morgan fingerprint density at radius 3 is 2.13 bits per heavy atom. The molecule has 1 fully saturated rings. The number of hydrogen-bond acceptors (Lipinski definition) is 5. The van der Waals surface area contributed by atoms with Gasteiger partial charge in [0.15, 0.2) is 11.5 Å². The zero-order chi connectivity index (χ0) is 23.4. The van der Waals surface area contributed by atoms with E-state index in [0.29, 0.717) is 18.4 Å². The highest BCUT2D eigenvalue weighted by Crippen LogP contribution is 2.41. The number of carbonyl (C=O) groups is 2. The van der Waals surface area contributed by atoms with E-state index < -0.39 is 36.0 Å². The van der Waals surface area contributed by atoms with Gasteiger partial charge in [0.05, 0.1) is 5.92 Å². The smallest absolute Gasteiger partial charge is 0.481 e. The van der Waals surface area contributed by atoms with Crippen molar-refractivity contribution in [2.24, 2.45) is 5.92 Å². The first-order chi connectivity index (χ1) is 14.2. The van der Waals surface area contributed by atoms with Gasteiger partial charge in [-0.2, -0.15) is 13.2 Å². The third kappa shape index (κ3) is 7.19. The Morgan fingerprint density at radius 1 is 1.06 bits per heavy atom. The lowest BCUT2D eigenvalue weighted by Crippen LogP contribution is -2.40. The standard InChI is InChI=1S/C16H18F3NO4.C2HF3O2/c17-15(5-3-11(4-6-15)14(21)22)9-20-8-10-1-2-12-13(7-10)24-16(18,19)23-12;3-2(4,5)1(6)7/h1-2,7,11,20H,3-6,8-9H2,(H,21,22);(H,6,7). The number of aliphatic carboxylic acids is 2. The summed E-state index contributed by atoms with van der Waals surface area (Å²) in [7, 11) is 0. The van der Waals surface area contributed by atoms with Crippen LogP contribution in [0.2, 0.25) is 0 Å². The van der Waals surface area contributed by atoms with Crippen molar-refractivity contribution in [2.45, 2.75) is 50.4 Å². The van der Waals surface area contributed by atoms with Gasteiger partial charge in [-0.15, -0.1) is 8.78 Å². The van der Waals surface area contributed by atoms with Gasteiger partial charge >= 0.3 is 24.4 Å². The molecule has 1 aromatic carbocycles. The van der Waals surface area contributed by atoms with E-state index >= 15 is 0 Å². The maximum absolute atomic E-state index is 14.6. The summed E-state index contributed by atoms with van der Waals surface area (Å²) >= 11 is 0. The Labute approximate surface area is 171 Å². The molecule has 1 heterocycles. The zero-order valence-electron chi connectivity index (χ0n) is 15.8. The van der Waals surface area contributed by atoms with Crippen molar-refractivity contribution in [1.82, 2.24) is 5.32 Å². The molecule has 31 heavy (non-hydrogen) atoms. The van der Waals surface area contributed by atoms with Crippen LogP contribution in [-0.2, 0) is 16.1 Å². The fraction of sp³-hybridized carbons (Fsp3) is 0.556. The molecule has 0 atom stereocenters. The molecule has 7 nitrogen and oxygen atoms in total. The Morgan fingerprint density at radius 2 is 1.61 bits per heavy atom. The predicted octanol–water partition coefficient (Wildman–Crippen LogP) is 3.71. The second kappa shape index (κ2) is 9.20. The molecule has 174 valence electrons. The third-order valence-corrected chi connectivity index (χ3v) is 4.71. The quantitative estimate of drug-likeness (QED) is 0.577. The van der Waals surface area contributed by atoms with Crippen LogP contribution in [-0.4, -0.2) is 46.8 Å². The molecule has 0 amide bonds. The average molecular weight is 459 g/mol. The number of rotatable bonds is 5. The van der Waals surface area contributed by atoms with Crippen LogP contribution in [0.25, 0.3) is 0 Å². The van der Waals surface area contributed by atoms with E-state index in [0.717, 1.165) is 0 Å². The number of benzene rings is 1. The van der Waals surface area contributed by atoms with E-state index in [4.69, 9.17) is 15.0 Å². The minimum atomic E-state index is -5.08. The van der Waals surface area contributed by atoms with Gasteiger partial charge in [-0.3, -0.25) is 4.79 Å². The molecule has 0 saturated heterocycles. The zero-order valence-corrected chi connectivity index (χ0v) is 15.8. The summed E-state index contributed by atoms with van der Waals surface area (Å²) in [6.45, 7) is 0.375. The molecule has 3 rings (SSSR count). The lowest BCUT2D eigenvalue weighted by molar-refractivity contribution is -0.286. The molecule has 2 aliphatic rings.